The van der Waals surface area contributed by atoms with Gasteiger partial charge in [-0.25, -0.2) is 0 Å². The van der Waals surface area contributed by atoms with Crippen molar-refractivity contribution in [2.45, 2.75) is 20.8 Å². The molecule has 0 radical (unpaired) electrons. The van der Waals surface area contributed by atoms with Crippen LogP contribution < -0.4 is 10.6 Å². The first-order chi connectivity index (χ1) is 9.95. The fourth-order valence-electron chi connectivity index (χ4n) is 1.86. The summed E-state index contributed by atoms with van der Waals surface area (Å²) in [6, 6.07) is 13.4. The van der Waals surface area contributed by atoms with Crippen molar-refractivity contribution >= 4 is 28.9 Å². The average Bonchev–Trinajstić information content (AvgIpc) is 2.44. The molecule has 0 saturated carbocycles. The SMILES string of the molecule is Cc1ccc(NC(=S)NC(=O)c2ccc(C)c(C)c2)cc1. The van der Waals surface area contributed by atoms with E-state index in [-0.39, 0.29) is 5.91 Å². The van der Waals surface area contributed by atoms with Crippen LogP contribution in [0.25, 0.3) is 0 Å². The van der Waals surface area contributed by atoms with Gasteiger partial charge in [-0.1, -0.05) is 23.8 Å². The van der Waals surface area contributed by atoms with E-state index < -0.39 is 0 Å². The van der Waals surface area contributed by atoms with Gasteiger partial charge in [-0.15, -0.1) is 0 Å². The fraction of sp³-hybridized carbons (Fsp3) is 0.176. The molecule has 0 atom stereocenters. The molecule has 1 amide bonds. The first-order valence-electron chi connectivity index (χ1n) is 6.72. The summed E-state index contributed by atoms with van der Waals surface area (Å²) in [6.45, 7) is 6.01. The van der Waals surface area contributed by atoms with Gasteiger partial charge >= 0.3 is 0 Å². The Bertz CT molecular complexity index is 678. The van der Waals surface area contributed by atoms with E-state index in [4.69, 9.17) is 12.2 Å². The lowest BCUT2D eigenvalue weighted by molar-refractivity contribution is 0.0977. The molecule has 0 heterocycles. The maximum absolute atomic E-state index is 12.1. The highest BCUT2D eigenvalue weighted by atomic mass is 32.1. The van der Waals surface area contributed by atoms with Crippen molar-refractivity contribution in [2.75, 3.05) is 5.32 Å². The Labute approximate surface area is 130 Å². The summed E-state index contributed by atoms with van der Waals surface area (Å²) in [4.78, 5) is 12.1. The Kier molecular flexibility index (Phi) is 4.70. The number of nitrogens with one attached hydrogen (secondary N) is 2. The van der Waals surface area contributed by atoms with Crippen LogP contribution in [0.2, 0.25) is 0 Å². The summed E-state index contributed by atoms with van der Waals surface area (Å²) in [5.74, 6) is -0.206. The van der Waals surface area contributed by atoms with Crippen molar-refractivity contribution in [3.63, 3.8) is 0 Å². The molecule has 108 valence electrons. The minimum atomic E-state index is -0.206. The van der Waals surface area contributed by atoms with Crippen LogP contribution in [0.3, 0.4) is 0 Å². The third kappa shape index (κ3) is 4.13. The molecule has 4 heteroatoms. The lowest BCUT2D eigenvalue weighted by Gasteiger charge is -2.10. The maximum Gasteiger partial charge on any atom is 0.257 e. The first kappa shape index (κ1) is 15.2. The Hall–Kier alpha value is -2.20. The number of hydrogen-bond acceptors (Lipinski definition) is 2. The number of anilines is 1. The molecule has 0 fully saturated rings. The third-order valence-corrected chi connectivity index (χ3v) is 3.51. The topological polar surface area (TPSA) is 41.1 Å². The number of amides is 1. The molecule has 0 bridgehead atoms. The van der Waals surface area contributed by atoms with E-state index in [0.29, 0.717) is 10.7 Å². The van der Waals surface area contributed by atoms with Gasteiger partial charge in [-0.2, -0.15) is 0 Å². The quantitative estimate of drug-likeness (QED) is 0.830. The molecule has 0 aromatic heterocycles. The Morgan fingerprint density at radius 3 is 2.24 bits per heavy atom. The van der Waals surface area contributed by atoms with Gasteiger partial charge in [-0.05, 0) is 68.4 Å². The van der Waals surface area contributed by atoms with Gasteiger partial charge < -0.3 is 5.32 Å². The van der Waals surface area contributed by atoms with Crippen LogP contribution in [0.5, 0.6) is 0 Å². The van der Waals surface area contributed by atoms with Crippen LogP contribution in [-0.2, 0) is 0 Å². The molecular formula is C17H18N2OS. The zero-order chi connectivity index (χ0) is 15.4. The smallest absolute Gasteiger partial charge is 0.257 e. The molecule has 0 aliphatic heterocycles. The van der Waals surface area contributed by atoms with Crippen molar-refractivity contribution in [3.05, 3.63) is 64.7 Å². The van der Waals surface area contributed by atoms with E-state index in [1.54, 1.807) is 6.07 Å². The summed E-state index contributed by atoms with van der Waals surface area (Å²) in [6.07, 6.45) is 0. The Balaban J connectivity index is 2.00. The standard InChI is InChI=1S/C17H18N2OS/c1-11-4-8-15(9-5-11)18-17(21)19-16(20)14-7-6-12(2)13(3)10-14/h4-10H,1-3H3,(H2,18,19,20,21). The second kappa shape index (κ2) is 6.50. The largest absolute Gasteiger partial charge is 0.332 e. The van der Waals surface area contributed by atoms with Crippen LogP contribution in [0.1, 0.15) is 27.0 Å². The molecule has 0 aliphatic rings. The van der Waals surface area contributed by atoms with Gasteiger partial charge in [0.25, 0.3) is 5.91 Å². The van der Waals surface area contributed by atoms with Gasteiger partial charge in [0.05, 0.1) is 0 Å². The molecule has 2 aromatic rings. The highest BCUT2D eigenvalue weighted by Crippen LogP contribution is 2.11. The van der Waals surface area contributed by atoms with Gasteiger partial charge in [0.2, 0.25) is 0 Å². The molecule has 0 spiro atoms. The Morgan fingerprint density at radius 1 is 0.952 bits per heavy atom. The van der Waals surface area contributed by atoms with Crippen LogP contribution >= 0.6 is 12.2 Å². The van der Waals surface area contributed by atoms with Crippen LogP contribution in [-0.4, -0.2) is 11.0 Å². The summed E-state index contributed by atoms with van der Waals surface area (Å²) in [5.41, 5.74) is 4.87. The monoisotopic (exact) mass is 298 g/mol. The van der Waals surface area contributed by atoms with E-state index in [2.05, 4.69) is 10.6 Å². The molecule has 2 N–H and O–H groups in total. The number of hydrogen-bond donors (Lipinski definition) is 2. The van der Waals surface area contributed by atoms with Gasteiger partial charge in [0, 0.05) is 11.3 Å². The van der Waals surface area contributed by atoms with Crippen molar-refractivity contribution in [3.8, 4) is 0 Å². The first-order valence-corrected chi connectivity index (χ1v) is 7.13. The molecule has 0 unspecified atom stereocenters. The highest BCUT2D eigenvalue weighted by molar-refractivity contribution is 7.80. The number of carbonyl (C=O) groups is 1. The third-order valence-electron chi connectivity index (χ3n) is 3.31. The normalized spacial score (nSPS) is 10.0. The number of benzene rings is 2. The molecule has 2 aromatic carbocycles. The highest BCUT2D eigenvalue weighted by Gasteiger charge is 2.08. The lowest BCUT2D eigenvalue weighted by Crippen LogP contribution is -2.34. The second-order valence-electron chi connectivity index (χ2n) is 5.07. The van der Waals surface area contributed by atoms with Gasteiger partial charge in [0.1, 0.15) is 0 Å². The minimum Gasteiger partial charge on any atom is -0.332 e. The van der Waals surface area contributed by atoms with Gasteiger partial charge in [0.15, 0.2) is 5.11 Å². The van der Waals surface area contributed by atoms with Crippen molar-refractivity contribution in [1.82, 2.24) is 5.32 Å². The summed E-state index contributed by atoms with van der Waals surface area (Å²) < 4.78 is 0. The summed E-state index contributed by atoms with van der Waals surface area (Å²) >= 11 is 5.16. The van der Waals surface area contributed by atoms with Gasteiger partial charge in [-0.3, -0.25) is 10.1 Å². The van der Waals surface area contributed by atoms with Crippen LogP contribution in [0.15, 0.2) is 42.5 Å². The van der Waals surface area contributed by atoms with E-state index in [1.165, 1.54) is 5.56 Å². The van der Waals surface area contributed by atoms with Crippen molar-refractivity contribution in [2.24, 2.45) is 0 Å². The number of thiocarbonyl (C=S) groups is 1. The fourth-order valence-corrected chi connectivity index (χ4v) is 2.07. The average molecular weight is 298 g/mol. The summed E-state index contributed by atoms with van der Waals surface area (Å²) in [5, 5.41) is 5.98. The predicted molar refractivity (Wildman–Crippen MR) is 90.8 cm³/mol. The van der Waals surface area contributed by atoms with Crippen molar-refractivity contribution < 1.29 is 4.79 Å². The maximum atomic E-state index is 12.1. The van der Waals surface area contributed by atoms with E-state index >= 15 is 0 Å². The summed E-state index contributed by atoms with van der Waals surface area (Å²) in [7, 11) is 0. The molecule has 2 rings (SSSR count). The minimum absolute atomic E-state index is 0.206. The van der Waals surface area contributed by atoms with Crippen LogP contribution in [0.4, 0.5) is 5.69 Å². The number of aryl methyl sites for hydroxylation is 3. The van der Waals surface area contributed by atoms with E-state index in [9.17, 15) is 4.79 Å². The second-order valence-corrected chi connectivity index (χ2v) is 5.48. The number of carbonyl (C=O) groups excluding carboxylic acids is 1. The zero-order valence-electron chi connectivity index (χ0n) is 12.4. The molecule has 21 heavy (non-hydrogen) atoms. The molecular weight excluding hydrogens is 280 g/mol. The Morgan fingerprint density at radius 2 is 1.62 bits per heavy atom. The van der Waals surface area contributed by atoms with E-state index in [1.807, 2.05) is 57.2 Å². The van der Waals surface area contributed by atoms with Crippen molar-refractivity contribution in [1.29, 1.82) is 0 Å². The van der Waals surface area contributed by atoms with Crippen LogP contribution in [0, 0.1) is 20.8 Å². The van der Waals surface area contributed by atoms with E-state index in [0.717, 1.165) is 16.8 Å². The predicted octanol–water partition coefficient (Wildman–Crippen LogP) is 3.74. The number of rotatable bonds is 2. The molecule has 0 saturated heterocycles. The molecule has 3 nitrogen and oxygen atoms in total. The lowest BCUT2D eigenvalue weighted by atomic mass is 10.1. The molecule has 0 aliphatic carbocycles. The zero-order valence-corrected chi connectivity index (χ0v) is 13.2.